The van der Waals surface area contributed by atoms with Crippen LogP contribution in [0.3, 0.4) is 0 Å². The molecule has 1 aliphatic heterocycles. The second kappa shape index (κ2) is 2.80. The van der Waals surface area contributed by atoms with Gasteiger partial charge < -0.3 is 9.47 Å². The molecule has 0 amide bonds. The number of hydrogen-bond donors (Lipinski definition) is 0. The Morgan fingerprint density at radius 1 is 1.38 bits per heavy atom. The lowest BCUT2D eigenvalue weighted by molar-refractivity contribution is -0.141. The molecule has 0 unspecified atom stereocenters. The van der Waals surface area contributed by atoms with E-state index in [1.54, 1.807) is 0 Å². The zero-order valence-electron chi connectivity index (χ0n) is 4.76. The largest absolute Gasteiger partial charge is 0.343 e. The summed E-state index contributed by atoms with van der Waals surface area (Å²) in [5.74, 6) is 0.545. The van der Waals surface area contributed by atoms with Crippen molar-refractivity contribution < 1.29 is 9.47 Å². The van der Waals surface area contributed by atoms with E-state index in [2.05, 4.69) is 22.9 Å². The van der Waals surface area contributed by atoms with Crippen molar-refractivity contribution >= 4 is 15.9 Å². The van der Waals surface area contributed by atoms with Crippen LogP contribution in [0.25, 0.3) is 0 Å². The maximum atomic E-state index is 5.08. The summed E-state index contributed by atoms with van der Waals surface area (Å²) < 4.78 is 10.2. The lowest BCUT2D eigenvalue weighted by Crippen LogP contribution is -2.26. The van der Waals surface area contributed by atoms with Crippen molar-refractivity contribution in [1.29, 1.82) is 0 Å². The molecule has 1 rings (SSSR count). The molecule has 1 saturated heterocycles. The van der Waals surface area contributed by atoms with Crippen molar-refractivity contribution in [1.82, 2.24) is 0 Å². The van der Waals surface area contributed by atoms with Crippen LogP contribution in [0.15, 0.2) is 0 Å². The minimum atomic E-state index is -0.168. The van der Waals surface area contributed by atoms with Gasteiger partial charge in [-0.15, -0.1) is 0 Å². The quantitative estimate of drug-likeness (QED) is 0.525. The van der Waals surface area contributed by atoms with Crippen molar-refractivity contribution in [2.75, 3.05) is 13.2 Å². The monoisotopic (exact) mass is 180 g/mol. The SMILES string of the molecule is CC1COC(Br)OC1. The summed E-state index contributed by atoms with van der Waals surface area (Å²) in [7, 11) is 0. The highest BCUT2D eigenvalue weighted by atomic mass is 79.9. The van der Waals surface area contributed by atoms with Gasteiger partial charge in [0.25, 0.3) is 0 Å². The first kappa shape index (κ1) is 6.52. The fourth-order valence-electron chi connectivity index (χ4n) is 0.576. The van der Waals surface area contributed by atoms with Gasteiger partial charge in [0, 0.05) is 5.92 Å². The molecule has 0 N–H and O–H groups in total. The van der Waals surface area contributed by atoms with Crippen molar-refractivity contribution in [3.05, 3.63) is 0 Å². The third-order valence-electron chi connectivity index (χ3n) is 1.02. The molecule has 3 heteroatoms. The molecule has 1 fully saturated rings. The standard InChI is InChI=1S/C5H9BrO2/c1-4-2-7-5(6)8-3-4/h4-5H,2-3H2,1H3. The molecule has 0 radical (unpaired) electrons. The molecule has 0 bridgehead atoms. The van der Waals surface area contributed by atoms with Crippen molar-refractivity contribution in [3.8, 4) is 0 Å². The second-order valence-corrected chi connectivity index (χ2v) is 2.79. The number of halogens is 1. The van der Waals surface area contributed by atoms with Crippen molar-refractivity contribution in [3.63, 3.8) is 0 Å². The molecule has 0 spiro atoms. The van der Waals surface area contributed by atoms with Gasteiger partial charge in [0.2, 0.25) is 5.20 Å². The van der Waals surface area contributed by atoms with Gasteiger partial charge in [0.05, 0.1) is 13.2 Å². The topological polar surface area (TPSA) is 18.5 Å². The average Bonchev–Trinajstić information content (AvgIpc) is 1.77. The molecule has 0 atom stereocenters. The Morgan fingerprint density at radius 2 is 1.88 bits per heavy atom. The number of rotatable bonds is 0. The molecular formula is C5H9BrO2. The van der Waals surface area contributed by atoms with E-state index in [0.717, 1.165) is 13.2 Å². The predicted octanol–water partition coefficient (Wildman–Crippen LogP) is 1.35. The van der Waals surface area contributed by atoms with Gasteiger partial charge in [-0.25, -0.2) is 0 Å². The zero-order chi connectivity index (χ0) is 5.98. The van der Waals surface area contributed by atoms with E-state index in [4.69, 9.17) is 9.47 Å². The summed E-state index contributed by atoms with van der Waals surface area (Å²) in [4.78, 5) is 0. The van der Waals surface area contributed by atoms with E-state index in [-0.39, 0.29) is 5.20 Å². The van der Waals surface area contributed by atoms with Gasteiger partial charge in [0.1, 0.15) is 0 Å². The Kier molecular flexibility index (Phi) is 2.28. The van der Waals surface area contributed by atoms with Crippen molar-refractivity contribution in [2.24, 2.45) is 5.92 Å². The van der Waals surface area contributed by atoms with Gasteiger partial charge in [-0.2, -0.15) is 0 Å². The van der Waals surface area contributed by atoms with Crippen LogP contribution >= 0.6 is 15.9 Å². The molecule has 0 aliphatic carbocycles. The van der Waals surface area contributed by atoms with Crippen LogP contribution in [-0.2, 0) is 9.47 Å². The molecule has 8 heavy (non-hydrogen) atoms. The maximum Gasteiger partial charge on any atom is 0.215 e. The maximum absolute atomic E-state index is 5.08. The number of hydrogen-bond acceptors (Lipinski definition) is 2. The van der Waals surface area contributed by atoms with Crippen LogP contribution in [0, 0.1) is 5.92 Å². The second-order valence-electron chi connectivity index (χ2n) is 2.05. The first-order chi connectivity index (χ1) is 3.79. The first-order valence-corrected chi connectivity index (χ1v) is 3.58. The summed E-state index contributed by atoms with van der Waals surface area (Å²) in [5.41, 5.74) is 0. The highest BCUT2D eigenvalue weighted by Gasteiger charge is 2.14. The minimum Gasteiger partial charge on any atom is -0.343 e. The van der Waals surface area contributed by atoms with E-state index >= 15 is 0 Å². The minimum absolute atomic E-state index is 0.168. The van der Waals surface area contributed by atoms with E-state index in [9.17, 15) is 0 Å². The molecule has 0 aromatic heterocycles. The van der Waals surface area contributed by atoms with Gasteiger partial charge in [-0.3, -0.25) is 0 Å². The Labute approximate surface area is 57.3 Å². The van der Waals surface area contributed by atoms with E-state index in [1.165, 1.54) is 0 Å². The van der Waals surface area contributed by atoms with E-state index < -0.39 is 0 Å². The van der Waals surface area contributed by atoms with Crippen LogP contribution < -0.4 is 0 Å². The predicted molar refractivity (Wildman–Crippen MR) is 33.8 cm³/mol. The smallest absolute Gasteiger partial charge is 0.215 e. The first-order valence-electron chi connectivity index (χ1n) is 2.66. The van der Waals surface area contributed by atoms with Gasteiger partial charge in [-0.1, -0.05) is 6.92 Å². The molecule has 1 heterocycles. The van der Waals surface area contributed by atoms with Crippen LogP contribution in [0.1, 0.15) is 6.92 Å². The Hall–Kier alpha value is 0.400. The fourth-order valence-corrected chi connectivity index (χ4v) is 0.881. The third-order valence-corrected chi connectivity index (χ3v) is 1.55. The lowest BCUT2D eigenvalue weighted by Gasteiger charge is -2.22. The van der Waals surface area contributed by atoms with Gasteiger partial charge in [-0.05, 0) is 15.9 Å². The van der Waals surface area contributed by atoms with Crippen molar-refractivity contribution in [2.45, 2.75) is 12.1 Å². The highest BCUT2D eigenvalue weighted by Crippen LogP contribution is 2.13. The molecule has 0 aromatic rings. The normalized spacial score (nSPS) is 39.8. The van der Waals surface area contributed by atoms with Gasteiger partial charge >= 0.3 is 0 Å². The number of alkyl halides is 1. The molecule has 2 nitrogen and oxygen atoms in total. The fraction of sp³-hybridized carbons (Fsp3) is 1.00. The van der Waals surface area contributed by atoms with Crippen LogP contribution in [0.4, 0.5) is 0 Å². The third kappa shape index (κ3) is 1.73. The van der Waals surface area contributed by atoms with Crippen LogP contribution in [0.2, 0.25) is 0 Å². The summed E-state index contributed by atoms with van der Waals surface area (Å²) in [5, 5.41) is -0.168. The molecular weight excluding hydrogens is 172 g/mol. The van der Waals surface area contributed by atoms with Crippen LogP contribution in [-0.4, -0.2) is 18.4 Å². The summed E-state index contributed by atoms with van der Waals surface area (Å²) in [6.07, 6.45) is 0. The van der Waals surface area contributed by atoms with E-state index in [1.807, 2.05) is 0 Å². The molecule has 0 aromatic carbocycles. The summed E-state index contributed by atoms with van der Waals surface area (Å²) in [6, 6.07) is 0. The highest BCUT2D eigenvalue weighted by molar-refractivity contribution is 9.09. The summed E-state index contributed by atoms with van der Waals surface area (Å²) in [6.45, 7) is 3.70. The Balaban J connectivity index is 2.19. The molecule has 48 valence electrons. The molecule has 1 aliphatic rings. The average molecular weight is 181 g/mol. The molecule has 0 saturated carbocycles. The van der Waals surface area contributed by atoms with Crippen LogP contribution in [0.5, 0.6) is 0 Å². The van der Waals surface area contributed by atoms with E-state index in [0.29, 0.717) is 5.92 Å². The Bertz CT molecular complexity index is 58.8. The number of ether oxygens (including phenoxy) is 2. The lowest BCUT2D eigenvalue weighted by atomic mass is 10.2. The van der Waals surface area contributed by atoms with Gasteiger partial charge in [0.15, 0.2) is 0 Å². The zero-order valence-corrected chi connectivity index (χ0v) is 6.35. The summed E-state index contributed by atoms with van der Waals surface area (Å²) >= 11 is 3.17. The Morgan fingerprint density at radius 3 is 2.25 bits per heavy atom.